The molecule has 1 aliphatic heterocycles. The van der Waals surface area contributed by atoms with Crippen molar-refractivity contribution in [3.63, 3.8) is 0 Å². The number of hydrogen-bond acceptors (Lipinski definition) is 7. The number of nitrogens with zero attached hydrogens (tertiary/aromatic N) is 4. The molecule has 3 aromatic rings. The summed E-state index contributed by atoms with van der Waals surface area (Å²) in [7, 11) is 0. The Morgan fingerprint density at radius 2 is 1.81 bits per heavy atom. The maximum Gasteiger partial charge on any atom is 0.417 e. The molecule has 1 unspecified atom stereocenters. The number of hydrazine groups is 2. The number of hydrazone groups is 1. The minimum Gasteiger partial charge on any atom is -0.494 e. The fourth-order valence-electron chi connectivity index (χ4n) is 6.51. The van der Waals surface area contributed by atoms with E-state index in [-0.39, 0.29) is 10.9 Å². The van der Waals surface area contributed by atoms with Crippen LogP contribution in [0.2, 0.25) is 5.02 Å². The molecule has 0 amide bonds. The van der Waals surface area contributed by atoms with E-state index >= 15 is 0 Å². The number of halogens is 4. The van der Waals surface area contributed by atoms with Gasteiger partial charge in [0.15, 0.2) is 6.73 Å². The van der Waals surface area contributed by atoms with E-state index in [4.69, 9.17) is 21.1 Å². The SMILES string of the molecule is CCOCN1N=CNN1Cc1cccc(OCCCN(Cc2cccc(C(F)(F)F)c2Cl)CC(c2ccccc2)C2CCCCC2)c1. The minimum atomic E-state index is -4.51. The number of nitrogens with one attached hydrogen (secondary N) is 1. The van der Waals surface area contributed by atoms with Crippen LogP contribution >= 0.6 is 11.6 Å². The van der Waals surface area contributed by atoms with Gasteiger partial charge in [0.25, 0.3) is 0 Å². The van der Waals surface area contributed by atoms with E-state index in [1.807, 2.05) is 42.4 Å². The first-order valence-corrected chi connectivity index (χ1v) is 16.9. The number of rotatable bonds is 16. The Labute approximate surface area is 281 Å². The van der Waals surface area contributed by atoms with Gasteiger partial charge in [-0.2, -0.15) is 18.3 Å². The fraction of sp³-hybridized carbons (Fsp3) is 0.472. The lowest BCUT2D eigenvalue weighted by molar-refractivity contribution is -0.137. The molecule has 3 aromatic carbocycles. The van der Waals surface area contributed by atoms with Crippen molar-refractivity contribution < 1.29 is 22.6 Å². The second-order valence-corrected chi connectivity index (χ2v) is 12.6. The van der Waals surface area contributed by atoms with E-state index < -0.39 is 11.7 Å². The number of alkyl halides is 3. The van der Waals surface area contributed by atoms with Crippen LogP contribution in [0.25, 0.3) is 0 Å². The summed E-state index contributed by atoms with van der Waals surface area (Å²) in [5.41, 5.74) is 5.13. The first-order valence-electron chi connectivity index (χ1n) is 16.6. The first-order chi connectivity index (χ1) is 22.8. The van der Waals surface area contributed by atoms with E-state index in [9.17, 15) is 13.2 Å². The lowest BCUT2D eigenvalue weighted by Crippen LogP contribution is -2.42. The fourth-order valence-corrected chi connectivity index (χ4v) is 6.81. The third-order valence-corrected chi connectivity index (χ3v) is 9.33. The largest absolute Gasteiger partial charge is 0.494 e. The molecular weight excluding hydrogens is 627 g/mol. The van der Waals surface area contributed by atoms with Gasteiger partial charge in [-0.05, 0) is 72.9 Å². The molecule has 11 heteroatoms. The predicted molar refractivity (Wildman–Crippen MR) is 180 cm³/mol. The summed E-state index contributed by atoms with van der Waals surface area (Å²) in [5, 5.41) is 7.63. The van der Waals surface area contributed by atoms with E-state index in [0.29, 0.717) is 57.5 Å². The van der Waals surface area contributed by atoms with Crippen molar-refractivity contribution in [1.82, 2.24) is 20.6 Å². The Bertz CT molecular complexity index is 1420. The van der Waals surface area contributed by atoms with Crippen LogP contribution in [0, 0.1) is 5.92 Å². The van der Waals surface area contributed by atoms with E-state index in [1.165, 1.54) is 43.7 Å². The normalized spacial score (nSPS) is 16.5. The van der Waals surface area contributed by atoms with Crippen molar-refractivity contribution in [1.29, 1.82) is 0 Å². The molecule has 0 aromatic heterocycles. The molecule has 1 saturated carbocycles. The van der Waals surface area contributed by atoms with Crippen molar-refractivity contribution in [2.45, 2.75) is 70.6 Å². The van der Waals surface area contributed by atoms with Crippen molar-refractivity contribution in [2.75, 3.05) is 33.0 Å². The van der Waals surface area contributed by atoms with Crippen LogP contribution in [0.5, 0.6) is 5.75 Å². The summed E-state index contributed by atoms with van der Waals surface area (Å²) in [5.74, 6) is 1.57. The number of ether oxygens (including phenoxy) is 2. The number of hydrogen-bond donors (Lipinski definition) is 1. The second kappa shape index (κ2) is 17.2. The maximum absolute atomic E-state index is 13.7. The van der Waals surface area contributed by atoms with Crippen molar-refractivity contribution in [3.8, 4) is 5.75 Å². The molecule has 1 N–H and O–H groups in total. The Balaban J connectivity index is 1.26. The quantitative estimate of drug-likeness (QED) is 0.154. The zero-order chi connectivity index (χ0) is 33.1. The van der Waals surface area contributed by atoms with Gasteiger partial charge in [-0.3, -0.25) is 10.3 Å². The minimum absolute atomic E-state index is 0.218. The molecule has 1 aliphatic carbocycles. The second-order valence-electron chi connectivity index (χ2n) is 12.2. The summed E-state index contributed by atoms with van der Waals surface area (Å²) < 4.78 is 52.9. The first kappa shape index (κ1) is 35.0. The van der Waals surface area contributed by atoms with E-state index in [1.54, 1.807) is 17.5 Å². The van der Waals surface area contributed by atoms with E-state index in [2.05, 4.69) is 39.7 Å². The highest BCUT2D eigenvalue weighted by Crippen LogP contribution is 2.39. The molecule has 47 heavy (non-hydrogen) atoms. The predicted octanol–water partition coefficient (Wildman–Crippen LogP) is 8.47. The van der Waals surface area contributed by atoms with Gasteiger partial charge >= 0.3 is 6.18 Å². The highest BCUT2D eigenvalue weighted by atomic mass is 35.5. The van der Waals surface area contributed by atoms with Gasteiger partial charge in [0.2, 0.25) is 0 Å². The monoisotopic (exact) mass is 671 g/mol. The molecule has 0 radical (unpaired) electrons. The zero-order valence-corrected chi connectivity index (χ0v) is 27.7. The zero-order valence-electron chi connectivity index (χ0n) is 27.0. The molecule has 5 rings (SSSR count). The van der Waals surface area contributed by atoms with Gasteiger partial charge in [-0.1, -0.05) is 85.5 Å². The van der Waals surface area contributed by atoms with Crippen molar-refractivity contribution >= 4 is 17.9 Å². The molecule has 1 atom stereocenters. The molecule has 1 fully saturated rings. The van der Waals surface area contributed by atoms with Crippen LogP contribution in [0.3, 0.4) is 0 Å². The third kappa shape index (κ3) is 10.1. The Morgan fingerprint density at radius 1 is 1.02 bits per heavy atom. The molecular formula is C36H45ClF3N5O2. The Morgan fingerprint density at radius 3 is 2.57 bits per heavy atom. The average Bonchev–Trinajstić information content (AvgIpc) is 3.52. The van der Waals surface area contributed by atoms with Gasteiger partial charge in [0.1, 0.15) is 12.1 Å². The van der Waals surface area contributed by atoms with Crippen molar-refractivity contribution in [2.24, 2.45) is 11.0 Å². The topological polar surface area (TPSA) is 52.6 Å². The Kier molecular flexibility index (Phi) is 12.8. The van der Waals surface area contributed by atoms with Crippen molar-refractivity contribution in [3.05, 3.63) is 100 Å². The summed E-state index contributed by atoms with van der Waals surface area (Å²) in [6.45, 7) is 5.65. The van der Waals surface area contributed by atoms with Crippen LogP contribution < -0.4 is 10.2 Å². The summed E-state index contributed by atoms with van der Waals surface area (Å²) >= 11 is 6.39. The summed E-state index contributed by atoms with van der Waals surface area (Å²) in [4.78, 5) is 2.26. The van der Waals surface area contributed by atoms with Crippen LogP contribution in [-0.4, -0.2) is 54.5 Å². The smallest absolute Gasteiger partial charge is 0.417 e. The maximum atomic E-state index is 13.7. The van der Waals surface area contributed by atoms with Gasteiger partial charge in [0, 0.05) is 26.2 Å². The molecule has 2 aliphatic rings. The highest BCUT2D eigenvalue weighted by molar-refractivity contribution is 6.32. The van der Waals surface area contributed by atoms with Gasteiger partial charge < -0.3 is 9.47 Å². The summed E-state index contributed by atoms with van der Waals surface area (Å²) in [6, 6.07) is 22.7. The molecule has 0 bridgehead atoms. The number of benzene rings is 3. The highest BCUT2D eigenvalue weighted by Gasteiger charge is 2.34. The van der Waals surface area contributed by atoms with Crippen LogP contribution in [-0.2, 0) is 24.0 Å². The standard InChI is InChI=1S/C36H45ClF3N5O2/c1-2-46-27-45-42-26-41-44(45)23-28-12-9-18-32(22-28)47-21-11-20-43(24-31-17-10-19-34(35(31)37)36(38,39)40)25-33(29-13-5-3-6-14-29)30-15-7-4-8-16-30/h3,5-6,9-10,12-14,17-19,22,26,30,33H,2,4,7-8,11,15-16,20-21,23-25,27H2,1H3,(H,41,42). The lowest BCUT2D eigenvalue weighted by Gasteiger charge is -2.35. The lowest BCUT2D eigenvalue weighted by atomic mass is 9.76. The molecule has 254 valence electrons. The van der Waals surface area contributed by atoms with Gasteiger partial charge in [-0.15, -0.1) is 10.2 Å². The third-order valence-electron chi connectivity index (χ3n) is 8.89. The molecule has 0 spiro atoms. The van der Waals surface area contributed by atoms with Crippen LogP contribution in [0.4, 0.5) is 13.2 Å². The van der Waals surface area contributed by atoms with Crippen LogP contribution in [0.15, 0.2) is 77.9 Å². The molecule has 7 nitrogen and oxygen atoms in total. The molecule has 1 heterocycles. The Hall–Kier alpha value is -3.31. The van der Waals surface area contributed by atoms with E-state index in [0.717, 1.165) is 23.9 Å². The average molecular weight is 672 g/mol. The molecule has 0 saturated heterocycles. The van der Waals surface area contributed by atoms with Gasteiger partial charge in [0.05, 0.1) is 23.7 Å². The van der Waals surface area contributed by atoms with Crippen LogP contribution in [0.1, 0.15) is 73.6 Å². The van der Waals surface area contributed by atoms with Gasteiger partial charge in [-0.25, -0.2) is 0 Å². The summed E-state index contributed by atoms with van der Waals surface area (Å²) in [6.07, 6.45) is 3.84.